The lowest BCUT2D eigenvalue weighted by molar-refractivity contribution is -0.152. The molecule has 1 unspecified atom stereocenters. The molecule has 0 aliphatic heterocycles. The third-order valence-corrected chi connectivity index (χ3v) is 2.91. The second-order valence-corrected chi connectivity index (χ2v) is 5.44. The molecule has 0 aromatic carbocycles. The summed E-state index contributed by atoms with van der Waals surface area (Å²) >= 11 is 11.8. The van der Waals surface area contributed by atoms with Crippen molar-refractivity contribution in [1.29, 1.82) is 0 Å². The first-order chi connectivity index (χ1) is 8.81. The first-order valence-corrected chi connectivity index (χ1v) is 6.72. The second-order valence-electron chi connectivity index (χ2n) is 4.63. The van der Waals surface area contributed by atoms with Gasteiger partial charge in [-0.1, -0.05) is 37.0 Å². The number of carbonyl (C=O) groups is 1. The second kappa shape index (κ2) is 6.96. The van der Waals surface area contributed by atoms with Crippen LogP contribution >= 0.6 is 23.2 Å². The van der Waals surface area contributed by atoms with Crippen LogP contribution in [0.1, 0.15) is 26.5 Å². The molecule has 0 amide bonds. The lowest BCUT2D eigenvalue weighted by Gasteiger charge is -2.15. The average molecular weight is 306 g/mol. The number of rotatable bonds is 5. The van der Waals surface area contributed by atoms with Gasteiger partial charge in [0.2, 0.25) is 5.88 Å². The topological polar surface area (TPSA) is 48.4 Å². The molecule has 4 nitrogen and oxygen atoms in total. The van der Waals surface area contributed by atoms with Crippen LogP contribution in [-0.2, 0) is 9.53 Å². The Morgan fingerprint density at radius 1 is 1.32 bits per heavy atom. The molecule has 0 saturated carbocycles. The molecule has 0 N–H and O–H groups in total. The number of esters is 1. The van der Waals surface area contributed by atoms with Crippen LogP contribution in [0.2, 0.25) is 10.0 Å². The van der Waals surface area contributed by atoms with Crippen LogP contribution in [0, 0.1) is 12.8 Å². The van der Waals surface area contributed by atoms with E-state index in [4.69, 9.17) is 32.7 Å². The van der Waals surface area contributed by atoms with Crippen LogP contribution in [0.5, 0.6) is 5.88 Å². The summed E-state index contributed by atoms with van der Waals surface area (Å²) in [5.74, 6) is 0.00683. The number of hydrogen-bond acceptors (Lipinski definition) is 4. The van der Waals surface area contributed by atoms with Crippen LogP contribution in [-0.4, -0.2) is 23.7 Å². The van der Waals surface area contributed by atoms with Gasteiger partial charge in [-0.05, 0) is 25.8 Å². The highest BCUT2D eigenvalue weighted by molar-refractivity contribution is 6.35. The highest BCUT2D eigenvalue weighted by Gasteiger charge is 2.19. The number of hydrogen-bond donors (Lipinski definition) is 0. The van der Waals surface area contributed by atoms with Gasteiger partial charge in [-0.25, -0.2) is 9.78 Å². The maximum atomic E-state index is 11.7. The van der Waals surface area contributed by atoms with Gasteiger partial charge in [-0.3, -0.25) is 0 Å². The first kappa shape index (κ1) is 16.1. The number of aromatic nitrogens is 1. The molecule has 106 valence electrons. The normalized spacial score (nSPS) is 12.4. The summed E-state index contributed by atoms with van der Waals surface area (Å²) in [5, 5.41) is 0.714. The third kappa shape index (κ3) is 4.88. The zero-order valence-electron chi connectivity index (χ0n) is 11.4. The van der Waals surface area contributed by atoms with E-state index in [1.165, 1.54) is 6.07 Å². The minimum atomic E-state index is -0.774. The summed E-state index contributed by atoms with van der Waals surface area (Å²) in [6.07, 6.45) is -0.774. The Balaban J connectivity index is 2.69. The van der Waals surface area contributed by atoms with Crippen molar-refractivity contribution >= 4 is 29.2 Å². The molecule has 0 radical (unpaired) electrons. The molecule has 1 heterocycles. The average Bonchev–Trinajstić information content (AvgIpc) is 2.32. The van der Waals surface area contributed by atoms with E-state index in [0.717, 1.165) is 0 Å². The predicted octanol–water partition coefficient (Wildman–Crippen LogP) is 3.66. The van der Waals surface area contributed by atoms with Crippen molar-refractivity contribution in [3.05, 3.63) is 21.8 Å². The fraction of sp³-hybridized carbons (Fsp3) is 0.538. The molecule has 1 atom stereocenters. The van der Waals surface area contributed by atoms with Crippen LogP contribution < -0.4 is 4.74 Å². The number of nitrogens with zero attached hydrogens (tertiary/aromatic N) is 1. The Kier molecular flexibility index (Phi) is 5.88. The van der Waals surface area contributed by atoms with E-state index < -0.39 is 12.1 Å². The van der Waals surface area contributed by atoms with Gasteiger partial charge in [-0.15, -0.1) is 0 Å². The van der Waals surface area contributed by atoms with E-state index in [0.29, 0.717) is 17.3 Å². The molecule has 0 saturated heterocycles. The fourth-order valence-corrected chi connectivity index (χ4v) is 1.60. The van der Waals surface area contributed by atoms with Gasteiger partial charge in [0.15, 0.2) is 6.10 Å². The minimum absolute atomic E-state index is 0.178. The molecule has 1 aromatic heterocycles. The fourth-order valence-electron chi connectivity index (χ4n) is 1.20. The molecule has 1 aromatic rings. The summed E-state index contributed by atoms with van der Waals surface area (Å²) in [5.41, 5.74) is 0.587. The van der Waals surface area contributed by atoms with E-state index in [1.54, 1.807) is 13.8 Å². The molecule has 1 rings (SSSR count). The Bertz CT molecular complexity index is 463. The molecule has 0 spiro atoms. The van der Waals surface area contributed by atoms with Gasteiger partial charge in [0.05, 0.1) is 17.3 Å². The summed E-state index contributed by atoms with van der Waals surface area (Å²) < 4.78 is 10.5. The van der Waals surface area contributed by atoms with Gasteiger partial charge >= 0.3 is 5.97 Å². The molecular formula is C13H17Cl2NO3. The van der Waals surface area contributed by atoms with E-state index in [9.17, 15) is 4.79 Å². The molecule has 0 aliphatic carbocycles. The summed E-state index contributed by atoms with van der Waals surface area (Å²) in [7, 11) is 0. The Morgan fingerprint density at radius 3 is 2.53 bits per heavy atom. The molecule has 0 fully saturated rings. The van der Waals surface area contributed by atoms with Gasteiger partial charge in [-0.2, -0.15) is 0 Å². The lowest BCUT2D eigenvalue weighted by atomic mass is 10.2. The quantitative estimate of drug-likeness (QED) is 0.779. The van der Waals surface area contributed by atoms with E-state index in [-0.39, 0.29) is 16.8 Å². The van der Waals surface area contributed by atoms with Gasteiger partial charge in [0.1, 0.15) is 5.02 Å². The van der Waals surface area contributed by atoms with Crippen molar-refractivity contribution in [3.8, 4) is 5.88 Å². The maximum Gasteiger partial charge on any atom is 0.347 e. The summed E-state index contributed by atoms with van der Waals surface area (Å²) in [6, 6.07) is 1.53. The summed E-state index contributed by atoms with van der Waals surface area (Å²) in [4.78, 5) is 15.8. The Labute approximate surface area is 123 Å². The van der Waals surface area contributed by atoms with E-state index in [2.05, 4.69) is 4.98 Å². The van der Waals surface area contributed by atoms with Crippen LogP contribution in [0.4, 0.5) is 0 Å². The lowest BCUT2D eigenvalue weighted by Crippen LogP contribution is -2.27. The van der Waals surface area contributed by atoms with Crippen molar-refractivity contribution in [2.24, 2.45) is 5.92 Å². The maximum absolute atomic E-state index is 11.7. The molecule has 19 heavy (non-hydrogen) atoms. The third-order valence-electron chi connectivity index (χ3n) is 2.25. The smallest absolute Gasteiger partial charge is 0.347 e. The number of carbonyl (C=O) groups excluding carboxylic acids is 1. The van der Waals surface area contributed by atoms with Crippen molar-refractivity contribution in [2.45, 2.75) is 33.8 Å². The first-order valence-electron chi connectivity index (χ1n) is 5.97. The minimum Gasteiger partial charge on any atom is -0.463 e. The SMILES string of the molecule is Cc1nc(OC(C)C(=O)OCC(C)C)c(Cl)cc1Cl. The highest BCUT2D eigenvalue weighted by atomic mass is 35.5. The molecule has 0 aliphatic rings. The van der Waals surface area contributed by atoms with Crippen LogP contribution in [0.15, 0.2) is 6.07 Å². The van der Waals surface area contributed by atoms with Crippen LogP contribution in [0.3, 0.4) is 0 Å². The number of ether oxygens (including phenoxy) is 2. The van der Waals surface area contributed by atoms with Crippen molar-refractivity contribution in [2.75, 3.05) is 6.61 Å². The number of aryl methyl sites for hydroxylation is 1. The van der Waals surface area contributed by atoms with Gasteiger partial charge < -0.3 is 9.47 Å². The number of pyridine rings is 1. The number of halogens is 2. The van der Waals surface area contributed by atoms with Crippen molar-refractivity contribution < 1.29 is 14.3 Å². The zero-order chi connectivity index (χ0) is 14.6. The molecule has 6 heteroatoms. The Morgan fingerprint density at radius 2 is 1.95 bits per heavy atom. The highest BCUT2D eigenvalue weighted by Crippen LogP contribution is 2.28. The monoisotopic (exact) mass is 305 g/mol. The van der Waals surface area contributed by atoms with Crippen LogP contribution in [0.25, 0.3) is 0 Å². The van der Waals surface area contributed by atoms with Gasteiger partial charge in [0.25, 0.3) is 0 Å². The Hall–Kier alpha value is -1.000. The van der Waals surface area contributed by atoms with E-state index in [1.807, 2.05) is 13.8 Å². The van der Waals surface area contributed by atoms with Crippen molar-refractivity contribution in [3.63, 3.8) is 0 Å². The van der Waals surface area contributed by atoms with Crippen molar-refractivity contribution in [1.82, 2.24) is 4.98 Å². The standard InChI is InChI=1S/C13H17Cl2NO3/c1-7(2)6-18-13(17)9(4)19-12-11(15)5-10(14)8(3)16-12/h5,7,9H,6H2,1-4H3. The molecular weight excluding hydrogens is 289 g/mol. The summed E-state index contributed by atoms with van der Waals surface area (Å²) in [6.45, 7) is 7.59. The van der Waals surface area contributed by atoms with E-state index >= 15 is 0 Å². The largest absolute Gasteiger partial charge is 0.463 e. The zero-order valence-corrected chi connectivity index (χ0v) is 12.9. The van der Waals surface area contributed by atoms with Gasteiger partial charge in [0, 0.05) is 0 Å². The predicted molar refractivity (Wildman–Crippen MR) is 74.9 cm³/mol. The molecule has 0 bridgehead atoms.